The Morgan fingerprint density at radius 3 is 2.41 bits per heavy atom. The molecule has 126 valence electrons. The minimum absolute atomic E-state index is 0. The minimum atomic E-state index is -0.0655. The standard InChI is InChI=1S/C16H26N2O3.ClH/c1-5-20-14-8-7-13(11-15(14)21-6-2)12(3)18-16(19)9-10-17-4;/h7-8,11-12,17H,5-6,9-10H2,1-4H3,(H,18,19);1H. The summed E-state index contributed by atoms with van der Waals surface area (Å²) < 4.78 is 11.1. The van der Waals surface area contributed by atoms with Gasteiger partial charge in [-0.05, 0) is 45.5 Å². The van der Waals surface area contributed by atoms with E-state index in [1.807, 2.05) is 46.0 Å². The van der Waals surface area contributed by atoms with E-state index in [1.54, 1.807) is 0 Å². The van der Waals surface area contributed by atoms with Gasteiger partial charge in [0.25, 0.3) is 0 Å². The van der Waals surface area contributed by atoms with Crippen LogP contribution in [-0.2, 0) is 4.79 Å². The fourth-order valence-electron chi connectivity index (χ4n) is 1.97. The lowest BCUT2D eigenvalue weighted by atomic mass is 10.1. The second-order valence-electron chi connectivity index (χ2n) is 4.71. The van der Waals surface area contributed by atoms with Crippen LogP contribution in [0.5, 0.6) is 11.5 Å². The first-order valence-electron chi connectivity index (χ1n) is 7.45. The number of amides is 1. The molecule has 0 radical (unpaired) electrons. The summed E-state index contributed by atoms with van der Waals surface area (Å²) in [7, 11) is 1.83. The van der Waals surface area contributed by atoms with Crippen LogP contribution in [0.4, 0.5) is 0 Å². The third kappa shape index (κ3) is 6.54. The number of nitrogens with one attached hydrogen (secondary N) is 2. The van der Waals surface area contributed by atoms with Crippen molar-refractivity contribution in [1.82, 2.24) is 10.6 Å². The maximum absolute atomic E-state index is 11.8. The number of carbonyl (C=O) groups excluding carboxylic acids is 1. The van der Waals surface area contributed by atoms with Crippen molar-refractivity contribution in [2.75, 3.05) is 26.8 Å². The van der Waals surface area contributed by atoms with Gasteiger partial charge in [0.2, 0.25) is 5.91 Å². The van der Waals surface area contributed by atoms with Crippen molar-refractivity contribution >= 4 is 18.3 Å². The Kier molecular flexibility index (Phi) is 10.4. The number of rotatable bonds is 9. The maximum atomic E-state index is 11.8. The topological polar surface area (TPSA) is 59.6 Å². The van der Waals surface area contributed by atoms with Crippen LogP contribution >= 0.6 is 12.4 Å². The molecule has 0 aliphatic heterocycles. The monoisotopic (exact) mass is 330 g/mol. The van der Waals surface area contributed by atoms with Crippen LogP contribution in [0.25, 0.3) is 0 Å². The molecule has 1 atom stereocenters. The summed E-state index contributed by atoms with van der Waals surface area (Å²) in [5, 5.41) is 5.94. The molecule has 1 rings (SSSR count). The molecule has 0 aromatic heterocycles. The summed E-state index contributed by atoms with van der Waals surface area (Å²) in [6.45, 7) is 7.68. The van der Waals surface area contributed by atoms with E-state index in [2.05, 4.69) is 10.6 Å². The highest BCUT2D eigenvalue weighted by Crippen LogP contribution is 2.30. The van der Waals surface area contributed by atoms with Gasteiger partial charge >= 0.3 is 0 Å². The van der Waals surface area contributed by atoms with E-state index in [1.165, 1.54) is 0 Å². The van der Waals surface area contributed by atoms with Crippen molar-refractivity contribution in [2.45, 2.75) is 33.2 Å². The van der Waals surface area contributed by atoms with Gasteiger partial charge in [-0.15, -0.1) is 12.4 Å². The Morgan fingerprint density at radius 2 is 1.82 bits per heavy atom. The van der Waals surface area contributed by atoms with Gasteiger partial charge < -0.3 is 20.1 Å². The molecule has 0 aliphatic rings. The summed E-state index contributed by atoms with van der Waals surface area (Å²) in [6.07, 6.45) is 0.468. The molecule has 5 nitrogen and oxygen atoms in total. The van der Waals surface area contributed by atoms with Crippen molar-refractivity contribution in [2.24, 2.45) is 0 Å². The maximum Gasteiger partial charge on any atom is 0.221 e. The largest absolute Gasteiger partial charge is 0.490 e. The van der Waals surface area contributed by atoms with Crippen LogP contribution in [0.15, 0.2) is 18.2 Å². The van der Waals surface area contributed by atoms with Gasteiger partial charge in [0.1, 0.15) is 0 Å². The molecule has 1 aromatic rings. The number of hydrogen-bond acceptors (Lipinski definition) is 4. The van der Waals surface area contributed by atoms with Crippen LogP contribution in [0, 0.1) is 0 Å². The van der Waals surface area contributed by atoms with Gasteiger partial charge in [0.05, 0.1) is 19.3 Å². The highest BCUT2D eigenvalue weighted by molar-refractivity contribution is 5.85. The first-order valence-corrected chi connectivity index (χ1v) is 7.45. The molecule has 6 heteroatoms. The van der Waals surface area contributed by atoms with E-state index in [-0.39, 0.29) is 24.4 Å². The van der Waals surface area contributed by atoms with Crippen molar-refractivity contribution in [3.05, 3.63) is 23.8 Å². The molecule has 0 fully saturated rings. The summed E-state index contributed by atoms with van der Waals surface area (Å²) in [5.41, 5.74) is 1.000. The van der Waals surface area contributed by atoms with E-state index < -0.39 is 0 Å². The fraction of sp³-hybridized carbons (Fsp3) is 0.562. The van der Waals surface area contributed by atoms with E-state index in [0.717, 1.165) is 11.3 Å². The fourth-order valence-corrected chi connectivity index (χ4v) is 1.97. The first kappa shape index (κ1) is 20.5. The lowest BCUT2D eigenvalue weighted by molar-refractivity contribution is -0.121. The van der Waals surface area contributed by atoms with Crippen LogP contribution in [0.2, 0.25) is 0 Å². The normalized spacial score (nSPS) is 11.3. The zero-order chi connectivity index (χ0) is 15.7. The molecule has 22 heavy (non-hydrogen) atoms. The molecular weight excluding hydrogens is 304 g/mol. The Bertz CT molecular complexity index is 455. The second kappa shape index (κ2) is 11.2. The molecule has 1 amide bonds. The summed E-state index contributed by atoms with van der Waals surface area (Å²) in [4.78, 5) is 11.8. The van der Waals surface area contributed by atoms with Crippen LogP contribution in [0.1, 0.15) is 38.8 Å². The number of ether oxygens (including phenoxy) is 2. The molecule has 0 saturated heterocycles. The van der Waals surface area contributed by atoms with E-state index >= 15 is 0 Å². The Hall–Kier alpha value is -1.46. The lowest BCUT2D eigenvalue weighted by Gasteiger charge is -2.17. The Labute approximate surface area is 139 Å². The predicted octanol–water partition coefficient (Wildman–Crippen LogP) is 2.69. The summed E-state index contributed by atoms with van der Waals surface area (Å²) >= 11 is 0. The molecule has 0 aliphatic carbocycles. The second-order valence-corrected chi connectivity index (χ2v) is 4.71. The molecule has 0 saturated carbocycles. The Balaban J connectivity index is 0.00000441. The van der Waals surface area contributed by atoms with Gasteiger partial charge in [0, 0.05) is 13.0 Å². The van der Waals surface area contributed by atoms with Crippen molar-refractivity contribution in [3.63, 3.8) is 0 Å². The predicted molar refractivity (Wildman–Crippen MR) is 91.1 cm³/mol. The molecule has 1 unspecified atom stereocenters. The smallest absolute Gasteiger partial charge is 0.221 e. The van der Waals surface area contributed by atoms with Crippen molar-refractivity contribution < 1.29 is 14.3 Å². The van der Waals surface area contributed by atoms with E-state index in [4.69, 9.17) is 9.47 Å². The van der Waals surface area contributed by atoms with Gasteiger partial charge in [-0.3, -0.25) is 4.79 Å². The zero-order valence-corrected chi connectivity index (χ0v) is 14.6. The average Bonchev–Trinajstić information content (AvgIpc) is 2.47. The van der Waals surface area contributed by atoms with Crippen molar-refractivity contribution in [1.29, 1.82) is 0 Å². The third-order valence-electron chi connectivity index (χ3n) is 3.05. The van der Waals surface area contributed by atoms with Gasteiger partial charge in [-0.1, -0.05) is 6.07 Å². The SMILES string of the molecule is CCOc1ccc(C(C)NC(=O)CCNC)cc1OCC.Cl. The van der Waals surface area contributed by atoms with E-state index in [0.29, 0.717) is 31.9 Å². The van der Waals surface area contributed by atoms with Gasteiger partial charge in [-0.25, -0.2) is 0 Å². The van der Waals surface area contributed by atoms with Crippen LogP contribution in [0.3, 0.4) is 0 Å². The van der Waals surface area contributed by atoms with Crippen LogP contribution in [-0.4, -0.2) is 32.7 Å². The molecular formula is C16H27ClN2O3. The average molecular weight is 331 g/mol. The van der Waals surface area contributed by atoms with Gasteiger partial charge in [-0.2, -0.15) is 0 Å². The number of carbonyl (C=O) groups is 1. The molecule has 2 N–H and O–H groups in total. The Morgan fingerprint density at radius 1 is 1.18 bits per heavy atom. The number of halogens is 1. The quantitative estimate of drug-likeness (QED) is 0.731. The minimum Gasteiger partial charge on any atom is -0.490 e. The summed E-state index contributed by atoms with van der Waals surface area (Å²) in [6, 6.07) is 5.71. The first-order chi connectivity index (χ1) is 10.1. The lowest BCUT2D eigenvalue weighted by Crippen LogP contribution is -2.29. The molecule has 0 bridgehead atoms. The van der Waals surface area contributed by atoms with Crippen LogP contribution < -0.4 is 20.1 Å². The molecule has 0 heterocycles. The zero-order valence-electron chi connectivity index (χ0n) is 13.8. The highest BCUT2D eigenvalue weighted by Gasteiger charge is 2.13. The number of benzene rings is 1. The third-order valence-corrected chi connectivity index (χ3v) is 3.05. The number of hydrogen-bond donors (Lipinski definition) is 2. The molecule has 1 aromatic carbocycles. The van der Waals surface area contributed by atoms with Gasteiger partial charge in [0.15, 0.2) is 11.5 Å². The highest BCUT2D eigenvalue weighted by atomic mass is 35.5. The summed E-state index contributed by atoms with van der Waals surface area (Å²) in [5.74, 6) is 1.48. The molecule has 0 spiro atoms. The van der Waals surface area contributed by atoms with Crippen molar-refractivity contribution in [3.8, 4) is 11.5 Å². The van der Waals surface area contributed by atoms with E-state index in [9.17, 15) is 4.79 Å².